The van der Waals surface area contributed by atoms with E-state index < -0.39 is 0 Å². The summed E-state index contributed by atoms with van der Waals surface area (Å²) in [5.74, 6) is -0.212. The first-order valence-corrected chi connectivity index (χ1v) is 5.86. The highest BCUT2D eigenvalue weighted by molar-refractivity contribution is 6.04. The van der Waals surface area contributed by atoms with Crippen molar-refractivity contribution in [3.63, 3.8) is 0 Å². The van der Waals surface area contributed by atoms with Gasteiger partial charge in [0.05, 0.1) is 13.2 Å². The Morgan fingerprint density at radius 3 is 2.89 bits per heavy atom. The molecule has 1 N–H and O–H groups in total. The van der Waals surface area contributed by atoms with E-state index in [9.17, 15) is 9.59 Å². The van der Waals surface area contributed by atoms with E-state index in [1.54, 1.807) is 7.11 Å². The Kier molecular flexibility index (Phi) is 3.94. The molecule has 1 aromatic rings. The molecule has 2 amide bonds. The number of para-hydroxylation sites is 1. The van der Waals surface area contributed by atoms with Crippen LogP contribution in [0.25, 0.3) is 0 Å². The van der Waals surface area contributed by atoms with Crippen LogP contribution in [-0.2, 0) is 20.7 Å². The van der Waals surface area contributed by atoms with E-state index in [1.807, 2.05) is 24.3 Å². The van der Waals surface area contributed by atoms with Gasteiger partial charge in [0.1, 0.15) is 6.54 Å². The van der Waals surface area contributed by atoms with E-state index in [0.717, 1.165) is 17.7 Å². The lowest BCUT2D eigenvalue weighted by molar-refractivity contribution is -0.128. The number of benzene rings is 1. The number of amides is 2. The molecular weight excluding hydrogens is 232 g/mol. The number of hydrogen-bond donors (Lipinski definition) is 1. The minimum atomic E-state index is -0.129. The van der Waals surface area contributed by atoms with Gasteiger partial charge in [-0.3, -0.25) is 9.59 Å². The van der Waals surface area contributed by atoms with E-state index in [-0.39, 0.29) is 24.9 Å². The molecule has 1 saturated heterocycles. The van der Waals surface area contributed by atoms with Crippen LogP contribution in [0.2, 0.25) is 0 Å². The van der Waals surface area contributed by atoms with Crippen molar-refractivity contribution in [1.82, 2.24) is 5.32 Å². The molecule has 5 heteroatoms. The van der Waals surface area contributed by atoms with Crippen LogP contribution in [0.5, 0.6) is 0 Å². The number of methoxy groups -OCH3 is 1. The molecule has 1 aliphatic heterocycles. The zero-order chi connectivity index (χ0) is 13.0. The maximum atomic E-state index is 11.8. The molecule has 96 valence electrons. The first-order valence-electron chi connectivity index (χ1n) is 5.86. The summed E-state index contributed by atoms with van der Waals surface area (Å²) < 4.78 is 5.05. The highest BCUT2D eigenvalue weighted by Crippen LogP contribution is 2.22. The van der Waals surface area contributed by atoms with Gasteiger partial charge in [0.25, 0.3) is 0 Å². The lowest BCUT2D eigenvalue weighted by Crippen LogP contribution is -2.52. The maximum Gasteiger partial charge on any atom is 0.246 e. The fourth-order valence-electron chi connectivity index (χ4n) is 1.97. The van der Waals surface area contributed by atoms with Gasteiger partial charge in [0.15, 0.2) is 0 Å². The van der Waals surface area contributed by atoms with E-state index >= 15 is 0 Å². The van der Waals surface area contributed by atoms with Gasteiger partial charge < -0.3 is 15.0 Å². The first kappa shape index (κ1) is 12.6. The number of carbonyl (C=O) groups excluding carboxylic acids is 2. The SMILES string of the molecule is COCCc1ccccc1N1CC(=O)NCC1=O. The van der Waals surface area contributed by atoms with Gasteiger partial charge in [-0.2, -0.15) is 0 Å². The zero-order valence-corrected chi connectivity index (χ0v) is 10.3. The maximum absolute atomic E-state index is 11.8. The molecule has 0 bridgehead atoms. The third-order valence-corrected chi connectivity index (χ3v) is 2.90. The fraction of sp³-hybridized carbons (Fsp3) is 0.385. The second kappa shape index (κ2) is 5.64. The normalized spacial score (nSPS) is 15.7. The van der Waals surface area contributed by atoms with Gasteiger partial charge in [0, 0.05) is 12.8 Å². The summed E-state index contributed by atoms with van der Waals surface area (Å²) in [6, 6.07) is 7.60. The Morgan fingerprint density at radius 1 is 1.33 bits per heavy atom. The Morgan fingerprint density at radius 2 is 2.11 bits per heavy atom. The van der Waals surface area contributed by atoms with Crippen LogP contribution in [0, 0.1) is 0 Å². The van der Waals surface area contributed by atoms with Crippen LogP contribution in [0.4, 0.5) is 5.69 Å². The van der Waals surface area contributed by atoms with Crippen LogP contribution < -0.4 is 10.2 Å². The Labute approximate surface area is 106 Å². The molecule has 1 heterocycles. The van der Waals surface area contributed by atoms with Crippen LogP contribution in [0.1, 0.15) is 5.56 Å². The molecule has 0 unspecified atom stereocenters. The number of hydrogen-bond acceptors (Lipinski definition) is 3. The van der Waals surface area contributed by atoms with Gasteiger partial charge in [-0.05, 0) is 18.1 Å². The molecular formula is C13H16N2O3. The number of piperazine rings is 1. The second-order valence-corrected chi connectivity index (χ2v) is 4.13. The Balaban J connectivity index is 2.25. The first-order chi connectivity index (χ1) is 8.72. The van der Waals surface area contributed by atoms with E-state index in [0.29, 0.717) is 6.61 Å². The zero-order valence-electron chi connectivity index (χ0n) is 10.3. The summed E-state index contributed by atoms with van der Waals surface area (Å²) in [4.78, 5) is 24.8. The lowest BCUT2D eigenvalue weighted by atomic mass is 10.1. The van der Waals surface area contributed by atoms with Crippen LogP contribution in [0.15, 0.2) is 24.3 Å². The van der Waals surface area contributed by atoms with E-state index in [2.05, 4.69) is 5.32 Å². The summed E-state index contributed by atoms with van der Waals surface area (Å²) in [7, 11) is 1.64. The van der Waals surface area contributed by atoms with Crippen molar-refractivity contribution in [3.8, 4) is 0 Å². The van der Waals surface area contributed by atoms with Gasteiger partial charge in [0.2, 0.25) is 11.8 Å². The summed E-state index contributed by atoms with van der Waals surface area (Å²) in [6.45, 7) is 0.742. The molecule has 0 spiro atoms. The molecule has 5 nitrogen and oxygen atoms in total. The Bertz CT molecular complexity index is 459. The topological polar surface area (TPSA) is 58.6 Å². The Hall–Kier alpha value is -1.88. The smallest absolute Gasteiger partial charge is 0.246 e. The minimum Gasteiger partial charge on any atom is -0.384 e. The van der Waals surface area contributed by atoms with Crippen molar-refractivity contribution in [1.29, 1.82) is 0 Å². The van der Waals surface area contributed by atoms with Crippen molar-refractivity contribution in [2.75, 3.05) is 31.7 Å². The predicted molar refractivity (Wildman–Crippen MR) is 67.4 cm³/mol. The second-order valence-electron chi connectivity index (χ2n) is 4.13. The number of anilines is 1. The third kappa shape index (κ3) is 2.68. The van der Waals surface area contributed by atoms with Crippen molar-refractivity contribution < 1.29 is 14.3 Å². The number of carbonyl (C=O) groups is 2. The van der Waals surface area contributed by atoms with Gasteiger partial charge >= 0.3 is 0 Å². The van der Waals surface area contributed by atoms with Gasteiger partial charge in [-0.25, -0.2) is 0 Å². The fourth-order valence-corrected chi connectivity index (χ4v) is 1.97. The van der Waals surface area contributed by atoms with E-state index in [1.165, 1.54) is 4.90 Å². The molecule has 18 heavy (non-hydrogen) atoms. The van der Waals surface area contributed by atoms with Crippen molar-refractivity contribution in [2.24, 2.45) is 0 Å². The average Bonchev–Trinajstić information content (AvgIpc) is 2.39. The van der Waals surface area contributed by atoms with E-state index in [4.69, 9.17) is 4.74 Å². The number of nitrogens with one attached hydrogen (secondary N) is 1. The van der Waals surface area contributed by atoms with Crippen LogP contribution in [0.3, 0.4) is 0 Å². The molecule has 0 radical (unpaired) electrons. The lowest BCUT2D eigenvalue weighted by Gasteiger charge is -2.28. The molecule has 1 fully saturated rings. The molecule has 1 aromatic carbocycles. The van der Waals surface area contributed by atoms with Crippen molar-refractivity contribution in [3.05, 3.63) is 29.8 Å². The van der Waals surface area contributed by atoms with Crippen molar-refractivity contribution >= 4 is 17.5 Å². The molecule has 2 rings (SSSR count). The largest absolute Gasteiger partial charge is 0.384 e. The molecule has 0 saturated carbocycles. The van der Waals surface area contributed by atoms with Crippen LogP contribution >= 0.6 is 0 Å². The quantitative estimate of drug-likeness (QED) is 0.836. The van der Waals surface area contributed by atoms with Gasteiger partial charge in [-0.15, -0.1) is 0 Å². The van der Waals surface area contributed by atoms with Crippen molar-refractivity contribution in [2.45, 2.75) is 6.42 Å². The highest BCUT2D eigenvalue weighted by Gasteiger charge is 2.25. The predicted octanol–water partition coefficient (Wildman–Crippen LogP) is 0.338. The summed E-state index contributed by atoms with van der Waals surface area (Å²) in [6.07, 6.45) is 0.720. The summed E-state index contributed by atoms with van der Waals surface area (Å²) in [5.41, 5.74) is 1.82. The average molecular weight is 248 g/mol. The third-order valence-electron chi connectivity index (χ3n) is 2.90. The molecule has 1 aliphatic rings. The number of rotatable bonds is 4. The standard InChI is InChI=1S/C13H16N2O3/c1-18-7-6-10-4-2-3-5-11(10)15-9-12(16)14-8-13(15)17/h2-5H,6-9H2,1H3,(H,14,16). The molecule has 0 aliphatic carbocycles. The molecule has 0 aromatic heterocycles. The number of ether oxygens (including phenoxy) is 1. The summed E-state index contributed by atoms with van der Waals surface area (Å²) >= 11 is 0. The van der Waals surface area contributed by atoms with Gasteiger partial charge in [-0.1, -0.05) is 18.2 Å². The minimum absolute atomic E-state index is 0.0669. The monoisotopic (exact) mass is 248 g/mol. The number of nitrogens with zero attached hydrogens (tertiary/aromatic N) is 1. The summed E-state index contributed by atoms with van der Waals surface area (Å²) in [5, 5.41) is 2.54. The molecule has 0 atom stereocenters. The highest BCUT2D eigenvalue weighted by atomic mass is 16.5. The van der Waals surface area contributed by atoms with Crippen LogP contribution in [-0.4, -0.2) is 38.6 Å².